The Bertz CT molecular complexity index is 1270. The first-order chi connectivity index (χ1) is 17.9. The van der Waals surface area contributed by atoms with Gasteiger partial charge in [0, 0.05) is 24.5 Å². The van der Waals surface area contributed by atoms with E-state index in [9.17, 15) is 0 Å². The summed E-state index contributed by atoms with van der Waals surface area (Å²) in [5.74, 6) is -2.42. The molecular formula is C26H32F2N6O3. The summed E-state index contributed by atoms with van der Waals surface area (Å²) in [6.07, 6.45) is 2.15. The van der Waals surface area contributed by atoms with Crippen molar-refractivity contribution in [2.24, 2.45) is 0 Å². The quantitative estimate of drug-likeness (QED) is 0.497. The van der Waals surface area contributed by atoms with Crippen LogP contribution in [0.4, 0.5) is 14.6 Å². The van der Waals surface area contributed by atoms with Gasteiger partial charge in [0.05, 0.1) is 63.3 Å². The lowest BCUT2D eigenvalue weighted by molar-refractivity contribution is -0.136. The zero-order valence-electron chi connectivity index (χ0n) is 21.2. The molecule has 3 saturated heterocycles. The van der Waals surface area contributed by atoms with Crippen LogP contribution in [0.25, 0.3) is 16.7 Å². The van der Waals surface area contributed by atoms with Crippen LogP contribution in [0, 0.1) is 6.92 Å². The number of hydrogen-bond donors (Lipinski definition) is 0. The van der Waals surface area contributed by atoms with E-state index in [2.05, 4.69) is 20.0 Å². The molecule has 0 spiro atoms. The number of nitrogens with zero attached hydrogens (tertiary/aromatic N) is 6. The van der Waals surface area contributed by atoms with Gasteiger partial charge in [-0.25, -0.2) is 13.5 Å². The van der Waals surface area contributed by atoms with Crippen molar-refractivity contribution in [1.29, 1.82) is 0 Å². The minimum atomic E-state index is -2.84. The lowest BCUT2D eigenvalue weighted by Gasteiger charge is -2.45. The molecule has 1 atom stereocenters. The minimum absolute atomic E-state index is 0.106. The summed E-state index contributed by atoms with van der Waals surface area (Å²) >= 11 is 0. The lowest BCUT2D eigenvalue weighted by atomic mass is 9.83. The molecule has 11 heteroatoms. The van der Waals surface area contributed by atoms with Crippen molar-refractivity contribution in [2.45, 2.75) is 38.2 Å². The topological polar surface area (TPSA) is 77.8 Å². The second-order valence-corrected chi connectivity index (χ2v) is 9.99. The molecule has 0 saturated carbocycles. The van der Waals surface area contributed by atoms with Gasteiger partial charge in [0.15, 0.2) is 5.82 Å². The molecule has 0 bridgehead atoms. The number of hydrogen-bond acceptors (Lipinski definition) is 8. The fourth-order valence-electron chi connectivity index (χ4n) is 5.51. The van der Waals surface area contributed by atoms with Crippen LogP contribution in [0.3, 0.4) is 0 Å². The van der Waals surface area contributed by atoms with E-state index >= 15 is 8.78 Å². The van der Waals surface area contributed by atoms with Crippen molar-refractivity contribution in [3.05, 3.63) is 35.5 Å². The van der Waals surface area contributed by atoms with Gasteiger partial charge >= 0.3 is 6.01 Å². The molecule has 5 heterocycles. The molecule has 198 valence electrons. The summed E-state index contributed by atoms with van der Waals surface area (Å²) < 4.78 is 49.1. The SMILES string of the molecule is CCOc1nc(N2CCOCC2)cc(-n2ncc3cc(C)c(C4CCN(C5COC5)CC4(F)F)cc32)n1. The number of benzene rings is 1. The molecule has 1 unspecified atom stereocenters. The maximum absolute atomic E-state index is 15.5. The number of alkyl halides is 2. The van der Waals surface area contributed by atoms with Crippen LogP contribution in [-0.2, 0) is 9.47 Å². The Kier molecular flexibility index (Phi) is 6.46. The summed E-state index contributed by atoms with van der Waals surface area (Å²) in [5.41, 5.74) is 2.25. The molecule has 0 radical (unpaired) electrons. The number of fused-ring (bicyclic) bond motifs is 1. The van der Waals surface area contributed by atoms with Gasteiger partial charge in [-0.15, -0.1) is 0 Å². The van der Waals surface area contributed by atoms with Gasteiger partial charge in [-0.3, -0.25) is 4.90 Å². The monoisotopic (exact) mass is 514 g/mol. The normalized spacial score (nSPS) is 22.8. The van der Waals surface area contributed by atoms with Crippen LogP contribution in [0.15, 0.2) is 24.4 Å². The van der Waals surface area contributed by atoms with Gasteiger partial charge in [0.1, 0.15) is 5.82 Å². The standard InChI is InChI=1S/C26H32F2N6O3/c1-3-37-25-30-23(32-6-8-35-9-7-32)12-24(31-25)34-22-11-20(17(2)10-18(22)13-29-34)21-4-5-33(16-26(21,27)28)19-14-36-15-19/h10-13,19,21H,3-9,14-16H2,1-2H3. The van der Waals surface area contributed by atoms with Crippen LogP contribution < -0.4 is 9.64 Å². The third kappa shape index (κ3) is 4.64. The molecule has 3 fully saturated rings. The highest BCUT2D eigenvalue weighted by atomic mass is 19.3. The van der Waals surface area contributed by atoms with Gasteiger partial charge in [0.25, 0.3) is 5.92 Å². The van der Waals surface area contributed by atoms with Crippen LogP contribution >= 0.6 is 0 Å². The molecule has 6 rings (SSSR count). The summed E-state index contributed by atoms with van der Waals surface area (Å²) in [4.78, 5) is 13.2. The van der Waals surface area contributed by atoms with Gasteiger partial charge < -0.3 is 19.1 Å². The number of rotatable bonds is 6. The Labute approximate surface area is 214 Å². The van der Waals surface area contributed by atoms with E-state index in [0.29, 0.717) is 70.5 Å². The summed E-state index contributed by atoms with van der Waals surface area (Å²) in [5, 5.41) is 5.46. The van der Waals surface area contributed by atoms with Gasteiger partial charge in [0.2, 0.25) is 0 Å². The third-order valence-corrected chi connectivity index (χ3v) is 7.60. The Hall–Kier alpha value is -2.89. The maximum Gasteiger partial charge on any atom is 0.320 e. The second-order valence-electron chi connectivity index (χ2n) is 9.99. The molecule has 0 aliphatic carbocycles. The number of ether oxygens (including phenoxy) is 3. The highest BCUT2D eigenvalue weighted by molar-refractivity contribution is 5.82. The first-order valence-electron chi connectivity index (χ1n) is 13.0. The highest BCUT2D eigenvalue weighted by Crippen LogP contribution is 2.43. The van der Waals surface area contributed by atoms with Crippen molar-refractivity contribution >= 4 is 16.7 Å². The predicted octanol–water partition coefficient (Wildman–Crippen LogP) is 3.18. The molecule has 0 N–H and O–H groups in total. The third-order valence-electron chi connectivity index (χ3n) is 7.60. The first-order valence-corrected chi connectivity index (χ1v) is 13.0. The zero-order valence-corrected chi connectivity index (χ0v) is 21.2. The van der Waals surface area contributed by atoms with Gasteiger partial charge in [-0.2, -0.15) is 15.1 Å². The Balaban J connectivity index is 1.37. The van der Waals surface area contributed by atoms with E-state index in [4.69, 9.17) is 14.2 Å². The lowest BCUT2D eigenvalue weighted by Crippen LogP contribution is -2.57. The van der Waals surface area contributed by atoms with Gasteiger partial charge in [-0.1, -0.05) is 0 Å². The van der Waals surface area contributed by atoms with Gasteiger partial charge in [-0.05, 0) is 50.1 Å². The highest BCUT2D eigenvalue weighted by Gasteiger charge is 2.48. The van der Waals surface area contributed by atoms with Crippen molar-refractivity contribution in [1.82, 2.24) is 24.6 Å². The number of anilines is 1. The second kappa shape index (κ2) is 9.77. The van der Waals surface area contributed by atoms with E-state index in [1.165, 1.54) is 0 Å². The number of aryl methyl sites for hydroxylation is 1. The predicted molar refractivity (Wildman–Crippen MR) is 134 cm³/mol. The number of piperidine rings is 1. The minimum Gasteiger partial charge on any atom is -0.464 e. The smallest absolute Gasteiger partial charge is 0.320 e. The maximum atomic E-state index is 15.5. The first kappa shape index (κ1) is 24.4. The number of halogens is 2. The van der Waals surface area contributed by atoms with Crippen molar-refractivity contribution < 1.29 is 23.0 Å². The van der Waals surface area contributed by atoms with Crippen molar-refractivity contribution in [3.8, 4) is 11.8 Å². The summed E-state index contributed by atoms with van der Waals surface area (Å²) in [6, 6.07) is 6.05. The Morgan fingerprint density at radius 2 is 1.84 bits per heavy atom. The van der Waals surface area contributed by atoms with E-state index in [0.717, 1.165) is 22.3 Å². The molecule has 3 aliphatic rings. The summed E-state index contributed by atoms with van der Waals surface area (Å²) in [6.45, 7) is 8.37. The number of likely N-dealkylation sites (tertiary alicyclic amines) is 1. The molecule has 9 nitrogen and oxygen atoms in total. The molecule has 3 aromatic rings. The Morgan fingerprint density at radius 3 is 2.54 bits per heavy atom. The van der Waals surface area contributed by atoms with E-state index < -0.39 is 11.8 Å². The van der Waals surface area contributed by atoms with Crippen LogP contribution in [0.1, 0.15) is 30.4 Å². The molecule has 2 aromatic heterocycles. The van der Waals surface area contributed by atoms with Crippen molar-refractivity contribution in [2.75, 3.05) is 64.1 Å². The number of morpholine rings is 1. The van der Waals surface area contributed by atoms with E-state index in [1.807, 2.05) is 36.9 Å². The Morgan fingerprint density at radius 1 is 1.05 bits per heavy atom. The molecule has 37 heavy (non-hydrogen) atoms. The molecular weight excluding hydrogens is 482 g/mol. The zero-order chi connectivity index (χ0) is 25.6. The van der Waals surface area contributed by atoms with E-state index in [1.54, 1.807) is 10.9 Å². The molecule has 3 aliphatic heterocycles. The van der Waals surface area contributed by atoms with Crippen molar-refractivity contribution in [3.63, 3.8) is 0 Å². The fraction of sp³-hybridized carbons (Fsp3) is 0.577. The largest absolute Gasteiger partial charge is 0.464 e. The fourth-order valence-corrected chi connectivity index (χ4v) is 5.51. The molecule has 0 amide bonds. The summed E-state index contributed by atoms with van der Waals surface area (Å²) in [7, 11) is 0. The molecule has 1 aromatic carbocycles. The van der Waals surface area contributed by atoms with E-state index in [-0.39, 0.29) is 18.6 Å². The van der Waals surface area contributed by atoms with Crippen LogP contribution in [-0.4, -0.2) is 95.8 Å². The average Bonchev–Trinajstić information content (AvgIpc) is 3.25. The average molecular weight is 515 g/mol. The van der Waals surface area contributed by atoms with Crippen LogP contribution in [0.5, 0.6) is 6.01 Å². The van der Waals surface area contributed by atoms with Crippen LogP contribution in [0.2, 0.25) is 0 Å². The number of aromatic nitrogens is 4.